The highest BCUT2D eigenvalue weighted by molar-refractivity contribution is 7.10. The van der Waals surface area contributed by atoms with Crippen molar-refractivity contribution in [2.24, 2.45) is 0 Å². The highest BCUT2D eigenvalue weighted by atomic mass is 32.1. The molecule has 4 nitrogen and oxygen atoms in total. The lowest BCUT2D eigenvalue weighted by Gasteiger charge is -2.21. The fraction of sp³-hybridized carbons (Fsp3) is 0.562. The van der Waals surface area contributed by atoms with Crippen LogP contribution >= 0.6 is 11.3 Å². The molecule has 0 saturated carbocycles. The topological polar surface area (TPSA) is 38.8 Å². The quantitative estimate of drug-likeness (QED) is 0.853. The first-order chi connectivity index (χ1) is 10.2. The molecule has 0 N–H and O–H groups in total. The second-order valence-corrected chi connectivity index (χ2v) is 5.98. The molecular formula is C16H23NO3S. The van der Waals surface area contributed by atoms with Crippen molar-refractivity contribution in [3.63, 3.8) is 0 Å². The molecule has 5 heteroatoms. The summed E-state index contributed by atoms with van der Waals surface area (Å²) in [5.41, 5.74) is 2.40. The van der Waals surface area contributed by atoms with E-state index in [1.807, 2.05) is 20.8 Å². The molecule has 0 radical (unpaired) electrons. The smallest absolute Gasteiger partial charge is 0.410 e. The fourth-order valence-corrected chi connectivity index (χ4v) is 3.44. The van der Waals surface area contributed by atoms with E-state index in [0.29, 0.717) is 26.3 Å². The molecule has 0 spiro atoms. The Kier molecular flexibility index (Phi) is 5.82. The third-order valence-corrected chi connectivity index (χ3v) is 4.43. The highest BCUT2D eigenvalue weighted by Crippen LogP contribution is 2.29. The molecule has 0 saturated heterocycles. The molecular weight excluding hydrogens is 286 g/mol. The molecule has 0 aromatic carbocycles. The molecule has 1 unspecified atom stereocenters. The Morgan fingerprint density at radius 3 is 3.00 bits per heavy atom. The van der Waals surface area contributed by atoms with Gasteiger partial charge in [-0.2, -0.15) is 0 Å². The van der Waals surface area contributed by atoms with Gasteiger partial charge in [-0.15, -0.1) is 11.3 Å². The largest absolute Gasteiger partial charge is 0.450 e. The van der Waals surface area contributed by atoms with Gasteiger partial charge in [0.2, 0.25) is 0 Å². The van der Waals surface area contributed by atoms with E-state index in [1.54, 1.807) is 16.2 Å². The van der Waals surface area contributed by atoms with E-state index in [4.69, 9.17) is 9.47 Å². The standard InChI is InChI=1S/C16H23NO3S/c1-4-19-12(3)10-13-11-17(16(18)20-5-2)8-6-15-14(13)7-9-21-15/h7,9-10,12H,4-6,8,11H2,1-3H3/b13-10-. The number of ether oxygens (including phenoxy) is 2. The average Bonchev–Trinajstić information content (AvgIpc) is 2.84. The number of fused-ring (bicyclic) bond motifs is 1. The van der Waals surface area contributed by atoms with Crippen LogP contribution in [0.3, 0.4) is 0 Å². The normalized spacial score (nSPS) is 18.2. The average molecular weight is 309 g/mol. The van der Waals surface area contributed by atoms with Gasteiger partial charge in [0.15, 0.2) is 0 Å². The molecule has 0 aliphatic carbocycles. The number of carbonyl (C=O) groups excluding carboxylic acids is 1. The maximum Gasteiger partial charge on any atom is 0.410 e. The molecule has 1 aromatic heterocycles. The molecule has 1 amide bonds. The van der Waals surface area contributed by atoms with Crippen molar-refractivity contribution in [3.05, 3.63) is 28.0 Å². The first kappa shape index (κ1) is 16.0. The van der Waals surface area contributed by atoms with Gasteiger partial charge in [-0.05, 0) is 43.4 Å². The third kappa shape index (κ3) is 4.08. The molecule has 116 valence electrons. The Hall–Kier alpha value is -1.33. The van der Waals surface area contributed by atoms with Crippen LogP contribution in [-0.4, -0.2) is 43.4 Å². The van der Waals surface area contributed by atoms with Crippen molar-refractivity contribution in [3.8, 4) is 0 Å². The van der Waals surface area contributed by atoms with Crippen molar-refractivity contribution in [2.75, 3.05) is 26.3 Å². The van der Waals surface area contributed by atoms with Gasteiger partial charge in [-0.1, -0.05) is 6.08 Å². The van der Waals surface area contributed by atoms with Crippen molar-refractivity contribution in [1.82, 2.24) is 4.90 Å². The molecule has 2 heterocycles. The van der Waals surface area contributed by atoms with E-state index >= 15 is 0 Å². The minimum atomic E-state index is -0.234. The van der Waals surface area contributed by atoms with Crippen molar-refractivity contribution >= 4 is 23.0 Å². The third-order valence-electron chi connectivity index (χ3n) is 3.45. The number of amides is 1. The van der Waals surface area contributed by atoms with Crippen LogP contribution in [0.1, 0.15) is 31.2 Å². The van der Waals surface area contributed by atoms with Crippen LogP contribution in [0.5, 0.6) is 0 Å². The summed E-state index contributed by atoms with van der Waals surface area (Å²) < 4.78 is 10.8. The molecule has 0 fully saturated rings. The van der Waals surface area contributed by atoms with Gasteiger partial charge in [-0.3, -0.25) is 0 Å². The summed E-state index contributed by atoms with van der Waals surface area (Å²) in [5, 5.41) is 2.11. The minimum Gasteiger partial charge on any atom is -0.450 e. The van der Waals surface area contributed by atoms with Gasteiger partial charge in [-0.25, -0.2) is 4.79 Å². The van der Waals surface area contributed by atoms with Crippen LogP contribution in [-0.2, 0) is 15.9 Å². The molecule has 21 heavy (non-hydrogen) atoms. The van der Waals surface area contributed by atoms with E-state index in [9.17, 15) is 4.79 Å². The van der Waals surface area contributed by atoms with E-state index in [2.05, 4.69) is 17.5 Å². The number of hydrogen-bond donors (Lipinski definition) is 0. The lowest BCUT2D eigenvalue weighted by atomic mass is 10.1. The van der Waals surface area contributed by atoms with Crippen molar-refractivity contribution in [2.45, 2.75) is 33.3 Å². The SMILES string of the molecule is CCOC(=O)N1CCc2sccc2/C(=C\C(C)OCC)C1. The zero-order valence-corrected chi connectivity index (χ0v) is 13.7. The summed E-state index contributed by atoms with van der Waals surface area (Å²) >= 11 is 1.75. The zero-order chi connectivity index (χ0) is 15.2. The lowest BCUT2D eigenvalue weighted by molar-refractivity contribution is 0.107. The van der Waals surface area contributed by atoms with Crippen LogP contribution < -0.4 is 0 Å². The Bertz CT molecular complexity index is 509. The summed E-state index contributed by atoms with van der Waals surface area (Å²) in [6.07, 6.45) is 2.81. The number of hydrogen-bond acceptors (Lipinski definition) is 4. The Morgan fingerprint density at radius 2 is 2.29 bits per heavy atom. The van der Waals surface area contributed by atoms with Crippen LogP contribution in [0.4, 0.5) is 4.79 Å². The van der Waals surface area contributed by atoms with Gasteiger partial charge in [0, 0.05) is 31.0 Å². The summed E-state index contributed by atoms with van der Waals surface area (Å²) in [6, 6.07) is 2.14. The summed E-state index contributed by atoms with van der Waals surface area (Å²) in [5.74, 6) is 0. The number of thiophene rings is 1. The zero-order valence-electron chi connectivity index (χ0n) is 12.9. The Morgan fingerprint density at radius 1 is 1.48 bits per heavy atom. The van der Waals surface area contributed by atoms with E-state index in [1.165, 1.54) is 10.4 Å². The van der Waals surface area contributed by atoms with Gasteiger partial charge < -0.3 is 14.4 Å². The first-order valence-corrected chi connectivity index (χ1v) is 8.34. The van der Waals surface area contributed by atoms with Gasteiger partial charge in [0.1, 0.15) is 0 Å². The van der Waals surface area contributed by atoms with Crippen LogP contribution in [0.2, 0.25) is 0 Å². The monoisotopic (exact) mass is 309 g/mol. The van der Waals surface area contributed by atoms with Crippen molar-refractivity contribution in [1.29, 1.82) is 0 Å². The van der Waals surface area contributed by atoms with Crippen LogP contribution in [0.25, 0.3) is 5.57 Å². The minimum absolute atomic E-state index is 0.0416. The fourth-order valence-electron chi connectivity index (χ4n) is 2.53. The summed E-state index contributed by atoms with van der Waals surface area (Å²) in [4.78, 5) is 15.1. The number of nitrogens with zero attached hydrogens (tertiary/aromatic N) is 1. The summed E-state index contributed by atoms with van der Waals surface area (Å²) in [7, 11) is 0. The lowest BCUT2D eigenvalue weighted by Crippen LogP contribution is -2.33. The molecule has 1 atom stereocenters. The maximum absolute atomic E-state index is 12.0. The Balaban J connectivity index is 2.23. The molecule has 1 aromatic rings. The van der Waals surface area contributed by atoms with E-state index < -0.39 is 0 Å². The van der Waals surface area contributed by atoms with E-state index in [0.717, 1.165) is 12.0 Å². The van der Waals surface area contributed by atoms with Crippen LogP contribution in [0.15, 0.2) is 17.5 Å². The highest BCUT2D eigenvalue weighted by Gasteiger charge is 2.23. The van der Waals surface area contributed by atoms with Gasteiger partial charge in [0.25, 0.3) is 0 Å². The molecule has 1 aliphatic heterocycles. The number of carbonyl (C=O) groups is 1. The Labute approximate surface area is 130 Å². The summed E-state index contributed by atoms with van der Waals surface area (Å²) in [6.45, 7) is 8.23. The molecule has 1 aliphatic rings. The van der Waals surface area contributed by atoms with Gasteiger partial charge in [0.05, 0.1) is 12.7 Å². The predicted molar refractivity (Wildman–Crippen MR) is 85.7 cm³/mol. The predicted octanol–water partition coefficient (Wildman–Crippen LogP) is 3.57. The van der Waals surface area contributed by atoms with E-state index in [-0.39, 0.29) is 12.2 Å². The molecule has 0 bridgehead atoms. The second-order valence-electron chi connectivity index (χ2n) is 4.98. The first-order valence-electron chi connectivity index (χ1n) is 7.46. The molecule has 2 rings (SSSR count). The number of rotatable bonds is 4. The van der Waals surface area contributed by atoms with Crippen LogP contribution in [0, 0.1) is 0 Å². The van der Waals surface area contributed by atoms with Crippen molar-refractivity contribution < 1.29 is 14.3 Å². The van der Waals surface area contributed by atoms with Gasteiger partial charge >= 0.3 is 6.09 Å². The maximum atomic E-state index is 12.0. The second kappa shape index (κ2) is 7.61.